The Balaban J connectivity index is 1.52. The molecule has 5 rings (SSSR count). The highest BCUT2D eigenvalue weighted by Crippen LogP contribution is 2.32. The van der Waals surface area contributed by atoms with Crippen LogP contribution < -0.4 is 10.3 Å². The average molecular weight is 464 g/mol. The van der Waals surface area contributed by atoms with Crippen molar-refractivity contribution in [2.75, 3.05) is 0 Å². The monoisotopic (exact) mass is 464 g/mol. The van der Waals surface area contributed by atoms with Crippen molar-refractivity contribution in [2.45, 2.75) is 26.0 Å². The molecule has 0 radical (unpaired) electrons. The predicted octanol–water partition coefficient (Wildman–Crippen LogP) is 2.56. The molecule has 0 aromatic carbocycles. The van der Waals surface area contributed by atoms with Crippen molar-refractivity contribution in [1.29, 1.82) is 0 Å². The van der Waals surface area contributed by atoms with Gasteiger partial charge in [0.15, 0.2) is 17.2 Å². The van der Waals surface area contributed by atoms with Crippen LogP contribution in [0.3, 0.4) is 0 Å². The van der Waals surface area contributed by atoms with E-state index >= 15 is 0 Å². The summed E-state index contributed by atoms with van der Waals surface area (Å²) < 4.78 is 48.2. The normalized spacial score (nSPS) is 12.3. The Hall–Kier alpha value is -3.68. The van der Waals surface area contributed by atoms with E-state index in [4.69, 9.17) is 0 Å². The van der Waals surface area contributed by atoms with Crippen LogP contribution in [-0.2, 0) is 20.0 Å². The molecule has 0 aliphatic rings. The van der Waals surface area contributed by atoms with Crippen molar-refractivity contribution in [3.63, 3.8) is 0 Å². The van der Waals surface area contributed by atoms with Crippen molar-refractivity contribution in [1.82, 2.24) is 39.7 Å². The second-order valence-electron chi connectivity index (χ2n) is 7.18. The molecule has 0 atom stereocenters. The van der Waals surface area contributed by atoms with Crippen molar-refractivity contribution in [2.24, 2.45) is 7.05 Å². The Labute approximate surface area is 180 Å². The van der Waals surface area contributed by atoms with E-state index in [-0.39, 0.29) is 24.4 Å². The fourth-order valence-electron chi connectivity index (χ4n) is 3.44. The first-order valence-corrected chi connectivity index (χ1v) is 10.1. The van der Waals surface area contributed by atoms with Gasteiger partial charge in [-0.05, 0) is 0 Å². The highest BCUT2D eigenvalue weighted by atomic mass is 32.1. The fraction of sp³-hybridized carbons (Fsp3) is 0.278. The first-order valence-electron chi connectivity index (χ1n) is 9.32. The Morgan fingerprint density at radius 3 is 2.66 bits per heavy atom. The third-order valence-corrected chi connectivity index (χ3v) is 5.92. The van der Waals surface area contributed by atoms with Crippen LogP contribution >= 0.6 is 11.3 Å². The Kier molecular flexibility index (Phi) is 4.54. The molecule has 5 heterocycles. The third kappa shape index (κ3) is 3.41. The van der Waals surface area contributed by atoms with Gasteiger partial charge < -0.3 is 9.30 Å². The number of hydrogen-bond donors (Lipinski definition) is 2. The molecule has 0 unspecified atom stereocenters. The van der Waals surface area contributed by atoms with Gasteiger partial charge in [0, 0.05) is 25.8 Å². The maximum atomic E-state index is 13.7. The molecule has 0 aliphatic carbocycles. The molecule has 2 N–H and O–H groups in total. The van der Waals surface area contributed by atoms with Gasteiger partial charge in [0.2, 0.25) is 0 Å². The van der Waals surface area contributed by atoms with E-state index in [2.05, 4.69) is 35.2 Å². The van der Waals surface area contributed by atoms with Crippen LogP contribution in [0, 0.1) is 5.82 Å². The molecule has 0 saturated heterocycles. The highest BCUT2D eigenvalue weighted by molar-refractivity contribution is 7.19. The Morgan fingerprint density at radius 1 is 1.19 bits per heavy atom. The number of aromatic nitrogens is 8. The van der Waals surface area contributed by atoms with E-state index in [0.717, 1.165) is 21.8 Å². The van der Waals surface area contributed by atoms with Crippen molar-refractivity contribution >= 4 is 32.6 Å². The first-order chi connectivity index (χ1) is 15.2. The van der Waals surface area contributed by atoms with Gasteiger partial charge in [0.1, 0.15) is 10.5 Å². The number of fused-ring (bicyclic) bond motifs is 3. The first kappa shape index (κ1) is 20.2. The molecule has 166 valence electrons. The zero-order chi connectivity index (χ0) is 22.6. The topological polar surface area (TPSA) is 119 Å². The van der Waals surface area contributed by atoms with Crippen LogP contribution in [0.25, 0.3) is 21.3 Å². The number of halogens is 3. The van der Waals surface area contributed by atoms with Crippen LogP contribution in [-0.4, -0.2) is 45.8 Å². The van der Waals surface area contributed by atoms with Crippen molar-refractivity contribution in [3.8, 4) is 5.75 Å². The van der Waals surface area contributed by atoms with Crippen molar-refractivity contribution in [3.05, 3.63) is 51.2 Å². The SMILES string of the molecule is Cn1c2nc(Cc3[nH]ncc3F)sc2c2cnn(Cc3[nH]ncc3OC(C)(F)F)c(=O)c21. The second kappa shape index (κ2) is 7.19. The Bertz CT molecular complexity index is 1510. The minimum atomic E-state index is -3.40. The summed E-state index contributed by atoms with van der Waals surface area (Å²) in [6.45, 7) is 0.468. The summed E-state index contributed by atoms with van der Waals surface area (Å²) >= 11 is 1.33. The fourth-order valence-corrected chi connectivity index (χ4v) is 4.56. The molecule has 0 amide bonds. The van der Waals surface area contributed by atoms with E-state index in [1.807, 2.05) is 0 Å². The summed E-state index contributed by atoms with van der Waals surface area (Å²) in [7, 11) is 1.69. The highest BCUT2D eigenvalue weighted by Gasteiger charge is 2.26. The van der Waals surface area contributed by atoms with Gasteiger partial charge in [-0.15, -0.1) is 11.3 Å². The molecule has 14 heteroatoms. The molecule has 10 nitrogen and oxygen atoms in total. The quantitative estimate of drug-likeness (QED) is 0.399. The largest absolute Gasteiger partial charge is 0.429 e. The zero-order valence-corrected chi connectivity index (χ0v) is 17.5. The molecule has 0 spiro atoms. The summed E-state index contributed by atoms with van der Waals surface area (Å²) in [5, 5.41) is 18.0. The lowest BCUT2D eigenvalue weighted by Crippen LogP contribution is -2.25. The number of thiazole rings is 1. The van der Waals surface area contributed by atoms with Gasteiger partial charge in [0.05, 0.1) is 41.2 Å². The van der Waals surface area contributed by atoms with Gasteiger partial charge >= 0.3 is 6.11 Å². The number of alkyl halides is 2. The Morgan fingerprint density at radius 2 is 1.94 bits per heavy atom. The lowest BCUT2D eigenvalue weighted by molar-refractivity contribution is -0.159. The summed E-state index contributed by atoms with van der Waals surface area (Å²) in [6.07, 6.45) is 0.571. The van der Waals surface area contributed by atoms with Gasteiger partial charge in [-0.2, -0.15) is 24.1 Å². The molecular weight excluding hydrogens is 449 g/mol. The van der Waals surface area contributed by atoms with Gasteiger partial charge in [0.25, 0.3) is 5.56 Å². The number of ether oxygens (including phenoxy) is 1. The molecule has 32 heavy (non-hydrogen) atoms. The molecule has 0 aliphatic heterocycles. The number of nitrogens with one attached hydrogen (secondary N) is 2. The van der Waals surface area contributed by atoms with E-state index in [0.29, 0.717) is 34.2 Å². The van der Waals surface area contributed by atoms with Crippen molar-refractivity contribution < 1.29 is 17.9 Å². The lowest BCUT2D eigenvalue weighted by Gasteiger charge is -2.13. The summed E-state index contributed by atoms with van der Waals surface area (Å²) in [4.78, 5) is 17.6. The second-order valence-corrected chi connectivity index (χ2v) is 8.27. The molecule has 0 saturated carbocycles. The zero-order valence-electron chi connectivity index (χ0n) is 16.7. The van der Waals surface area contributed by atoms with E-state index in [1.165, 1.54) is 17.5 Å². The van der Waals surface area contributed by atoms with Crippen LogP contribution in [0.4, 0.5) is 13.2 Å². The molecule has 5 aromatic rings. The smallest absolute Gasteiger partial charge is 0.395 e. The summed E-state index contributed by atoms with van der Waals surface area (Å²) in [6, 6.07) is 0. The maximum Gasteiger partial charge on any atom is 0.395 e. The minimum absolute atomic E-state index is 0.142. The van der Waals surface area contributed by atoms with Crippen LogP contribution in [0.5, 0.6) is 5.75 Å². The molecule has 0 bridgehead atoms. The van der Waals surface area contributed by atoms with Gasteiger partial charge in [-0.3, -0.25) is 15.0 Å². The number of nitrogens with zero attached hydrogens (tertiary/aromatic N) is 6. The van der Waals surface area contributed by atoms with Gasteiger partial charge in [-0.1, -0.05) is 0 Å². The van der Waals surface area contributed by atoms with E-state index in [9.17, 15) is 18.0 Å². The van der Waals surface area contributed by atoms with Gasteiger partial charge in [-0.25, -0.2) is 14.1 Å². The molecule has 0 fully saturated rings. The minimum Gasteiger partial charge on any atom is -0.429 e. The van der Waals surface area contributed by atoms with Crippen LogP contribution in [0.15, 0.2) is 23.4 Å². The van der Waals surface area contributed by atoms with Crippen LogP contribution in [0.2, 0.25) is 0 Å². The van der Waals surface area contributed by atoms with E-state index < -0.39 is 17.5 Å². The lowest BCUT2D eigenvalue weighted by atomic mass is 10.3. The number of rotatable bonds is 6. The predicted molar refractivity (Wildman–Crippen MR) is 108 cm³/mol. The number of hydrogen-bond acceptors (Lipinski definition) is 7. The average Bonchev–Trinajstić information content (AvgIpc) is 3.47. The summed E-state index contributed by atoms with van der Waals surface area (Å²) in [5.41, 5.74) is 0.992. The summed E-state index contributed by atoms with van der Waals surface area (Å²) in [5.74, 6) is -0.613. The molecular formula is C18H15F3N8O2S. The number of aromatic amines is 2. The molecule has 5 aromatic heterocycles. The maximum absolute atomic E-state index is 13.7. The van der Waals surface area contributed by atoms with E-state index in [1.54, 1.807) is 11.6 Å². The number of H-pyrrole nitrogens is 2. The van der Waals surface area contributed by atoms with Crippen LogP contribution in [0.1, 0.15) is 23.3 Å². The standard InChI is InChI=1S/C18H15F3N8O2S/c1-18(20,21)31-12-6-23-27-11(12)7-29-17(30)14-8(4-24-29)15-16(28(14)2)25-13(32-15)3-10-9(19)5-22-26-10/h4-6H,3,7H2,1-2H3,(H,22,26)(H,23,27). The number of aryl methyl sites for hydroxylation is 1. The third-order valence-electron chi connectivity index (χ3n) is 4.84.